The van der Waals surface area contributed by atoms with Gasteiger partial charge in [-0.1, -0.05) is 12.1 Å². The summed E-state index contributed by atoms with van der Waals surface area (Å²) in [5.41, 5.74) is -1.77. The van der Waals surface area contributed by atoms with Crippen LogP contribution in [0.4, 0.5) is 37.1 Å². The summed E-state index contributed by atoms with van der Waals surface area (Å²) in [6.07, 6.45) is -8.95. The number of cyclic esters (lactones) is 1. The predicted octanol–water partition coefficient (Wildman–Crippen LogP) is 8.18. The maximum atomic E-state index is 13.9. The fourth-order valence-corrected chi connectivity index (χ4v) is 7.27. The first-order valence-corrected chi connectivity index (χ1v) is 18.5. The van der Waals surface area contributed by atoms with Crippen LogP contribution in [0.2, 0.25) is 0 Å². The number of carbonyl (C=O) groups excluding carboxylic acids is 1. The molecule has 10 nitrogen and oxygen atoms in total. The zero-order chi connectivity index (χ0) is 39.5. The highest BCUT2D eigenvalue weighted by atomic mass is 32.2. The Bertz CT molecular complexity index is 2240. The number of halogens is 6. The number of methoxy groups -OCH3 is 1. The van der Waals surface area contributed by atoms with Gasteiger partial charge in [0.05, 0.1) is 41.6 Å². The van der Waals surface area contributed by atoms with E-state index in [-0.39, 0.29) is 42.7 Å². The molecule has 1 saturated heterocycles. The Hall–Kier alpha value is -5.32. The quantitative estimate of drug-likeness (QED) is 0.134. The predicted molar refractivity (Wildman–Crippen MR) is 189 cm³/mol. The van der Waals surface area contributed by atoms with Crippen molar-refractivity contribution in [1.82, 2.24) is 14.9 Å². The van der Waals surface area contributed by atoms with Crippen molar-refractivity contribution in [3.8, 4) is 28.0 Å². The molecule has 0 bridgehead atoms. The van der Waals surface area contributed by atoms with E-state index in [2.05, 4.69) is 15.8 Å². The SMILES string of the molecule is C=S(C)(=O)N(C)c1ncc(-c2cc(-c3ccc(C(=O)O)cc3C)ccc2OC)c(CN2C(=O)O[C@H](c3cc(C(F)(F)F)cc(C(F)(F)F)c3)C23CCC3)n1. The molecule has 286 valence electrons. The van der Waals surface area contributed by atoms with Crippen LogP contribution in [0.15, 0.2) is 60.8 Å². The zero-order valence-corrected chi connectivity index (χ0v) is 30.2. The zero-order valence-electron chi connectivity index (χ0n) is 29.3. The molecule has 1 aliphatic heterocycles. The van der Waals surface area contributed by atoms with Gasteiger partial charge >= 0.3 is 24.4 Å². The van der Waals surface area contributed by atoms with E-state index in [1.165, 1.54) is 47.9 Å². The van der Waals surface area contributed by atoms with E-state index < -0.39 is 62.5 Å². The van der Waals surface area contributed by atoms with E-state index in [1.54, 1.807) is 31.2 Å². The molecule has 17 heteroatoms. The lowest BCUT2D eigenvalue weighted by molar-refractivity contribution is -0.143. The molecule has 0 radical (unpaired) electrons. The van der Waals surface area contributed by atoms with Crippen molar-refractivity contribution in [2.24, 2.45) is 0 Å². The first kappa shape index (κ1) is 38.4. The number of carboxylic acids is 1. The highest BCUT2D eigenvalue weighted by molar-refractivity contribution is 8.00. The molecule has 1 spiro atoms. The molecular formula is C37H34F6N4O6S. The van der Waals surface area contributed by atoms with Gasteiger partial charge in [-0.25, -0.2) is 23.8 Å². The van der Waals surface area contributed by atoms with Gasteiger partial charge in [-0.2, -0.15) is 26.3 Å². The monoisotopic (exact) mass is 776 g/mol. The van der Waals surface area contributed by atoms with Crippen LogP contribution in [0.1, 0.15) is 63.7 Å². The molecule has 1 N–H and O–H groups in total. The van der Waals surface area contributed by atoms with Gasteiger partial charge in [0.25, 0.3) is 0 Å². The molecule has 3 aromatic carbocycles. The second-order valence-corrected chi connectivity index (χ2v) is 15.8. The Labute approximate surface area is 306 Å². The van der Waals surface area contributed by atoms with Crippen molar-refractivity contribution in [1.29, 1.82) is 0 Å². The van der Waals surface area contributed by atoms with E-state index in [0.717, 1.165) is 0 Å². The highest BCUT2D eigenvalue weighted by Gasteiger charge is 2.59. The van der Waals surface area contributed by atoms with Gasteiger partial charge in [-0.15, -0.1) is 0 Å². The average Bonchev–Trinajstić information content (AvgIpc) is 3.38. The van der Waals surface area contributed by atoms with E-state index in [4.69, 9.17) is 9.47 Å². The molecule has 6 rings (SSSR count). The Balaban J connectivity index is 1.49. The minimum Gasteiger partial charge on any atom is -0.496 e. The van der Waals surface area contributed by atoms with Crippen molar-refractivity contribution in [2.45, 2.75) is 56.7 Å². The topological polar surface area (TPSA) is 122 Å². The van der Waals surface area contributed by atoms with E-state index in [1.807, 2.05) is 0 Å². The van der Waals surface area contributed by atoms with Crippen LogP contribution in [-0.4, -0.2) is 68.1 Å². The van der Waals surface area contributed by atoms with Gasteiger partial charge < -0.3 is 14.6 Å². The summed E-state index contributed by atoms with van der Waals surface area (Å²) in [5, 5.41) is 9.46. The van der Waals surface area contributed by atoms with Crippen LogP contribution in [0.5, 0.6) is 5.75 Å². The third-order valence-corrected chi connectivity index (χ3v) is 11.2. The van der Waals surface area contributed by atoms with Gasteiger partial charge in [0.2, 0.25) is 5.95 Å². The molecule has 1 unspecified atom stereocenters. The van der Waals surface area contributed by atoms with Crippen molar-refractivity contribution >= 4 is 33.6 Å². The summed E-state index contributed by atoms with van der Waals surface area (Å²) in [5.74, 6) is 2.90. The molecule has 1 aromatic heterocycles. The molecule has 2 aliphatic rings. The lowest BCUT2D eigenvalue weighted by Gasteiger charge is -2.46. The Morgan fingerprint density at radius 3 is 2.20 bits per heavy atom. The lowest BCUT2D eigenvalue weighted by atomic mass is 9.70. The summed E-state index contributed by atoms with van der Waals surface area (Å²) in [6.45, 7) is 1.42. The van der Waals surface area contributed by atoms with Gasteiger partial charge in [0.15, 0.2) is 6.10 Å². The number of rotatable bonds is 9. The number of hydrogen-bond donors (Lipinski definition) is 1. The molecule has 54 heavy (non-hydrogen) atoms. The fraction of sp³-hybridized carbons (Fsp3) is 0.324. The van der Waals surface area contributed by atoms with Crippen LogP contribution in [0, 0.1) is 6.92 Å². The summed E-state index contributed by atoms with van der Waals surface area (Å²) in [4.78, 5) is 35.7. The Morgan fingerprint density at radius 2 is 1.69 bits per heavy atom. The van der Waals surface area contributed by atoms with Gasteiger partial charge in [0, 0.05) is 40.3 Å². The smallest absolute Gasteiger partial charge is 0.416 e. The number of aromatic carboxylic acids is 1. The number of hydrogen-bond acceptors (Lipinski definition) is 7. The van der Waals surface area contributed by atoms with Crippen LogP contribution in [0.25, 0.3) is 22.3 Å². The van der Waals surface area contributed by atoms with Gasteiger partial charge in [-0.05, 0) is 96.8 Å². The summed E-state index contributed by atoms with van der Waals surface area (Å²) in [6, 6.07) is 11.0. The third kappa shape index (κ3) is 7.03. The van der Waals surface area contributed by atoms with E-state index >= 15 is 0 Å². The number of nitrogens with zero attached hydrogens (tertiary/aromatic N) is 4. The molecule has 2 fully saturated rings. The van der Waals surface area contributed by atoms with Gasteiger partial charge in [-0.3, -0.25) is 9.21 Å². The number of aryl methyl sites for hydroxylation is 1. The van der Waals surface area contributed by atoms with Crippen molar-refractivity contribution in [3.05, 3.63) is 94.3 Å². The summed E-state index contributed by atoms with van der Waals surface area (Å²) < 4.78 is 109. The number of carbonyl (C=O) groups is 2. The Kier molecular flexibility index (Phi) is 9.61. The van der Waals surface area contributed by atoms with Crippen molar-refractivity contribution < 1.29 is 54.7 Å². The molecule has 1 saturated carbocycles. The molecule has 4 aromatic rings. The fourth-order valence-electron chi connectivity index (χ4n) is 6.83. The molecule has 2 heterocycles. The minimum absolute atomic E-state index is 0.0224. The number of anilines is 1. The summed E-state index contributed by atoms with van der Waals surface area (Å²) >= 11 is 0. The summed E-state index contributed by atoms with van der Waals surface area (Å²) in [7, 11) is -0.0125. The molecule has 1 amide bonds. The number of benzene rings is 3. The minimum atomic E-state index is -5.11. The van der Waals surface area contributed by atoms with Crippen molar-refractivity contribution in [2.75, 3.05) is 24.7 Å². The first-order valence-electron chi connectivity index (χ1n) is 16.4. The second-order valence-electron chi connectivity index (χ2n) is 13.4. The van der Waals surface area contributed by atoms with E-state index in [0.29, 0.717) is 52.1 Å². The highest BCUT2D eigenvalue weighted by Crippen LogP contribution is 2.55. The lowest BCUT2D eigenvalue weighted by Crippen LogP contribution is -2.53. The number of ether oxygens (including phenoxy) is 2. The third-order valence-electron chi connectivity index (χ3n) is 9.89. The molecular weight excluding hydrogens is 742 g/mol. The largest absolute Gasteiger partial charge is 0.496 e. The number of carboxylic acid groups (broad SMARTS) is 1. The van der Waals surface area contributed by atoms with Crippen LogP contribution in [-0.2, 0) is 33.3 Å². The van der Waals surface area contributed by atoms with Crippen LogP contribution >= 0.6 is 0 Å². The van der Waals surface area contributed by atoms with Crippen molar-refractivity contribution in [3.63, 3.8) is 0 Å². The average molecular weight is 777 g/mol. The van der Waals surface area contributed by atoms with E-state index in [9.17, 15) is 45.2 Å². The maximum Gasteiger partial charge on any atom is 0.416 e. The number of amides is 1. The normalized spacial score (nSPS) is 17.9. The Morgan fingerprint density at radius 1 is 1.04 bits per heavy atom. The molecule has 1 aliphatic carbocycles. The van der Waals surface area contributed by atoms with Crippen LogP contribution in [0.3, 0.4) is 0 Å². The first-order chi connectivity index (χ1) is 25.1. The second kappa shape index (κ2) is 13.5. The maximum absolute atomic E-state index is 13.9. The standard InChI is InChI=1S/C37H34F6N4O6S/c1-20-13-22(32(48)49)7-9-26(20)21-8-10-30(52-3)27(16-21)28-18-44-33(46(2)54(4,5)51)45-29(28)19-47-34(50)53-31(35(47)11-6-12-35)23-14-24(36(38,39)40)17-25(15-23)37(41,42)43/h7-10,13-18,31H,4,6,11-12,19H2,1-3,5H3,(H,48,49)/t31-,54?/m1/s1. The van der Waals surface area contributed by atoms with Crippen LogP contribution < -0.4 is 9.04 Å². The van der Waals surface area contributed by atoms with Gasteiger partial charge in [0.1, 0.15) is 5.75 Å². The number of alkyl halides is 6. The number of aromatic nitrogens is 2. The molecule has 2 atom stereocenters.